The minimum Gasteiger partial charge on any atom is -0.482 e. The summed E-state index contributed by atoms with van der Waals surface area (Å²) in [7, 11) is 0. The van der Waals surface area contributed by atoms with Gasteiger partial charge in [-0.3, -0.25) is 0 Å². The van der Waals surface area contributed by atoms with E-state index >= 15 is 0 Å². The van der Waals surface area contributed by atoms with Crippen LogP contribution in [0.15, 0.2) is 45.5 Å². The van der Waals surface area contributed by atoms with Crippen LogP contribution in [0.5, 0.6) is 5.75 Å². The summed E-state index contributed by atoms with van der Waals surface area (Å²) in [5.41, 5.74) is 0.273. The summed E-state index contributed by atoms with van der Waals surface area (Å²) in [6, 6.07) is 7.57. The lowest BCUT2D eigenvalue weighted by Crippen LogP contribution is -2.19. The molecule has 2 aromatic heterocycles. The fraction of sp³-hybridized carbons (Fsp3) is 0.200. The molecule has 0 aliphatic heterocycles. The fourth-order valence-electron chi connectivity index (χ4n) is 1.93. The molecule has 0 bridgehead atoms. The van der Waals surface area contributed by atoms with Crippen LogP contribution in [0.2, 0.25) is 5.02 Å². The summed E-state index contributed by atoms with van der Waals surface area (Å²) >= 11 is 5.88. The molecule has 0 saturated carbocycles. The summed E-state index contributed by atoms with van der Waals surface area (Å²) in [5, 5.41) is 6.95. The van der Waals surface area contributed by atoms with Crippen molar-refractivity contribution in [2.45, 2.75) is 12.7 Å². The molecular weight excluding hydrogens is 363 g/mol. The average Bonchev–Trinajstić information content (AvgIpc) is 3.22. The van der Waals surface area contributed by atoms with Gasteiger partial charge in [-0.05, 0) is 30.3 Å². The Balaban J connectivity index is 1.69. The summed E-state index contributed by atoms with van der Waals surface area (Å²) < 4.78 is 52.0. The van der Waals surface area contributed by atoms with E-state index in [-0.39, 0.29) is 29.7 Å². The van der Waals surface area contributed by atoms with Crippen molar-refractivity contribution in [3.8, 4) is 17.3 Å². The zero-order valence-corrected chi connectivity index (χ0v) is 13.3. The predicted octanol–water partition coefficient (Wildman–Crippen LogP) is 4.54. The number of aromatic nitrogens is 2. The highest BCUT2D eigenvalue weighted by molar-refractivity contribution is 6.30. The second-order valence-electron chi connectivity index (χ2n) is 4.89. The third-order valence-corrected chi connectivity index (χ3v) is 3.21. The van der Waals surface area contributed by atoms with Crippen LogP contribution >= 0.6 is 11.6 Å². The van der Waals surface area contributed by atoms with Crippen molar-refractivity contribution < 1.29 is 26.8 Å². The van der Waals surface area contributed by atoms with Crippen molar-refractivity contribution in [1.82, 2.24) is 10.1 Å². The minimum absolute atomic E-state index is 0.00694. The Bertz CT molecular complexity index is 834. The number of hydrogen-bond donors (Lipinski definition) is 1. The molecule has 0 unspecified atom stereocenters. The molecule has 132 valence electrons. The Morgan fingerprint density at radius 1 is 1.24 bits per heavy atom. The number of hydrogen-bond acceptors (Lipinski definition) is 6. The number of rotatable bonds is 6. The Morgan fingerprint density at radius 2 is 2.08 bits per heavy atom. The highest BCUT2D eigenvalue weighted by atomic mass is 35.5. The van der Waals surface area contributed by atoms with E-state index in [1.807, 2.05) is 0 Å². The number of furan rings is 1. The van der Waals surface area contributed by atoms with Crippen LogP contribution in [0.3, 0.4) is 0 Å². The van der Waals surface area contributed by atoms with Gasteiger partial charge in [0.1, 0.15) is 5.75 Å². The molecule has 0 saturated heterocycles. The SMILES string of the molecule is FC(F)(F)COc1ccc(Cl)cc1NCc1nc(-c2ccco2)no1. The molecule has 0 atom stereocenters. The van der Waals surface area contributed by atoms with Gasteiger partial charge in [0.25, 0.3) is 0 Å². The monoisotopic (exact) mass is 373 g/mol. The molecule has 0 radical (unpaired) electrons. The van der Waals surface area contributed by atoms with Gasteiger partial charge in [-0.25, -0.2) is 0 Å². The third-order valence-electron chi connectivity index (χ3n) is 2.97. The smallest absolute Gasteiger partial charge is 0.422 e. The van der Waals surface area contributed by atoms with Crippen LogP contribution in [0, 0.1) is 0 Å². The Labute approximate surface area is 144 Å². The zero-order chi connectivity index (χ0) is 17.9. The number of anilines is 1. The van der Waals surface area contributed by atoms with Gasteiger partial charge in [0, 0.05) is 5.02 Å². The lowest BCUT2D eigenvalue weighted by Gasteiger charge is -2.14. The first-order chi connectivity index (χ1) is 11.9. The standard InChI is InChI=1S/C15H11ClF3N3O3/c16-9-3-4-11(24-8-15(17,18)19)10(6-9)20-7-13-21-14(22-25-13)12-2-1-5-23-12/h1-6,20H,7-8H2. The second-order valence-corrected chi connectivity index (χ2v) is 5.32. The maximum absolute atomic E-state index is 12.3. The maximum Gasteiger partial charge on any atom is 0.422 e. The second kappa shape index (κ2) is 7.06. The van der Waals surface area contributed by atoms with Crippen LogP contribution in [0.4, 0.5) is 18.9 Å². The van der Waals surface area contributed by atoms with Gasteiger partial charge in [0.2, 0.25) is 11.7 Å². The Morgan fingerprint density at radius 3 is 2.80 bits per heavy atom. The lowest BCUT2D eigenvalue weighted by molar-refractivity contribution is -0.153. The third kappa shape index (κ3) is 4.66. The summed E-state index contributed by atoms with van der Waals surface area (Å²) in [4.78, 5) is 4.12. The Hall–Kier alpha value is -2.68. The quantitative estimate of drug-likeness (QED) is 0.684. The molecule has 3 rings (SSSR count). The molecule has 0 aliphatic carbocycles. The highest BCUT2D eigenvalue weighted by Gasteiger charge is 2.28. The Kier molecular flexibility index (Phi) is 4.84. The van der Waals surface area contributed by atoms with Crippen LogP contribution in [-0.2, 0) is 6.54 Å². The summed E-state index contributed by atoms with van der Waals surface area (Å²) in [6.45, 7) is -1.34. The van der Waals surface area contributed by atoms with Gasteiger partial charge in [0.05, 0.1) is 18.5 Å². The van der Waals surface area contributed by atoms with E-state index in [1.54, 1.807) is 12.1 Å². The predicted molar refractivity (Wildman–Crippen MR) is 82.3 cm³/mol. The van der Waals surface area contributed by atoms with E-state index in [9.17, 15) is 13.2 Å². The van der Waals surface area contributed by atoms with Crippen molar-refractivity contribution in [1.29, 1.82) is 0 Å². The molecule has 6 nitrogen and oxygen atoms in total. The van der Waals surface area contributed by atoms with E-state index < -0.39 is 12.8 Å². The topological polar surface area (TPSA) is 73.3 Å². The van der Waals surface area contributed by atoms with Gasteiger partial charge in [-0.1, -0.05) is 16.8 Å². The zero-order valence-electron chi connectivity index (χ0n) is 12.5. The van der Waals surface area contributed by atoms with Crippen LogP contribution in [0.1, 0.15) is 5.89 Å². The molecule has 3 aromatic rings. The number of ether oxygens (including phenoxy) is 1. The molecule has 25 heavy (non-hydrogen) atoms. The maximum atomic E-state index is 12.3. The van der Waals surface area contributed by atoms with Crippen molar-refractivity contribution in [3.63, 3.8) is 0 Å². The molecule has 1 aromatic carbocycles. The van der Waals surface area contributed by atoms with Crippen LogP contribution in [0.25, 0.3) is 11.6 Å². The molecule has 0 aliphatic rings. The van der Waals surface area contributed by atoms with E-state index in [2.05, 4.69) is 15.5 Å². The molecule has 1 N–H and O–H groups in total. The highest BCUT2D eigenvalue weighted by Crippen LogP contribution is 2.30. The first-order valence-corrected chi connectivity index (χ1v) is 7.38. The summed E-state index contributed by atoms with van der Waals surface area (Å²) in [6.07, 6.45) is -2.97. The fourth-order valence-corrected chi connectivity index (χ4v) is 2.10. The largest absolute Gasteiger partial charge is 0.482 e. The number of alkyl halides is 3. The minimum atomic E-state index is -4.44. The number of halogens is 4. The number of nitrogens with zero attached hydrogens (tertiary/aromatic N) is 2. The van der Waals surface area contributed by atoms with Crippen molar-refractivity contribution in [3.05, 3.63) is 47.5 Å². The normalized spacial score (nSPS) is 11.5. The van der Waals surface area contributed by atoms with Gasteiger partial charge < -0.3 is 19.0 Å². The molecule has 0 spiro atoms. The van der Waals surface area contributed by atoms with Crippen LogP contribution < -0.4 is 10.1 Å². The van der Waals surface area contributed by atoms with Crippen molar-refractivity contribution in [2.75, 3.05) is 11.9 Å². The number of nitrogens with one attached hydrogen (secondary N) is 1. The van der Waals surface area contributed by atoms with Crippen LogP contribution in [-0.4, -0.2) is 22.9 Å². The van der Waals surface area contributed by atoms with Crippen molar-refractivity contribution >= 4 is 17.3 Å². The molecule has 0 amide bonds. The van der Waals surface area contributed by atoms with Gasteiger partial charge >= 0.3 is 6.18 Å². The van der Waals surface area contributed by atoms with E-state index in [0.717, 1.165) is 0 Å². The first-order valence-electron chi connectivity index (χ1n) is 7.00. The average molecular weight is 374 g/mol. The van der Waals surface area contributed by atoms with Gasteiger partial charge in [-0.2, -0.15) is 18.2 Å². The van der Waals surface area contributed by atoms with Gasteiger partial charge in [-0.15, -0.1) is 0 Å². The molecule has 0 fully saturated rings. The molecular formula is C15H11ClF3N3O3. The lowest BCUT2D eigenvalue weighted by atomic mass is 10.3. The van der Waals surface area contributed by atoms with E-state index in [0.29, 0.717) is 10.8 Å². The van der Waals surface area contributed by atoms with E-state index in [1.165, 1.54) is 24.5 Å². The van der Waals surface area contributed by atoms with E-state index in [4.69, 9.17) is 25.3 Å². The van der Waals surface area contributed by atoms with Gasteiger partial charge in [0.15, 0.2) is 12.4 Å². The molecule has 2 heterocycles. The number of benzene rings is 1. The summed E-state index contributed by atoms with van der Waals surface area (Å²) in [5.74, 6) is 0.925. The first kappa shape index (κ1) is 17.2. The molecule has 10 heteroatoms. The van der Waals surface area contributed by atoms with Crippen molar-refractivity contribution in [2.24, 2.45) is 0 Å².